The fourth-order valence-corrected chi connectivity index (χ4v) is 2.04. The van der Waals surface area contributed by atoms with E-state index in [0.29, 0.717) is 11.6 Å². The molecule has 0 bridgehead atoms. The number of fused-ring (bicyclic) bond motifs is 1. The Balaban J connectivity index is 2.14. The van der Waals surface area contributed by atoms with Gasteiger partial charge in [0, 0.05) is 13.1 Å². The van der Waals surface area contributed by atoms with Crippen LogP contribution < -0.4 is 10.6 Å². The van der Waals surface area contributed by atoms with Gasteiger partial charge in [-0.3, -0.25) is 0 Å². The second-order valence-electron chi connectivity index (χ2n) is 4.08. The SMILES string of the molecule is CCCC1CNc2cccc(F)c2NC1. The Morgan fingerprint density at radius 1 is 1.33 bits per heavy atom. The molecule has 1 aliphatic heterocycles. The molecule has 1 heterocycles. The molecule has 1 aliphatic rings. The topological polar surface area (TPSA) is 24.1 Å². The van der Waals surface area contributed by atoms with Gasteiger partial charge in [0.2, 0.25) is 0 Å². The Bertz CT molecular complexity index is 338. The van der Waals surface area contributed by atoms with Crippen molar-refractivity contribution in [2.75, 3.05) is 23.7 Å². The maximum absolute atomic E-state index is 13.5. The summed E-state index contributed by atoms with van der Waals surface area (Å²) in [6.07, 6.45) is 2.35. The van der Waals surface area contributed by atoms with E-state index in [9.17, 15) is 4.39 Å². The maximum atomic E-state index is 13.5. The average Bonchev–Trinajstić information content (AvgIpc) is 2.43. The van der Waals surface area contributed by atoms with Crippen molar-refractivity contribution >= 4 is 11.4 Å². The first-order chi connectivity index (χ1) is 7.31. The molecule has 0 spiro atoms. The van der Waals surface area contributed by atoms with Crippen LogP contribution in [0.15, 0.2) is 18.2 Å². The average molecular weight is 208 g/mol. The second kappa shape index (κ2) is 4.51. The first kappa shape index (κ1) is 10.3. The van der Waals surface area contributed by atoms with E-state index < -0.39 is 0 Å². The zero-order valence-corrected chi connectivity index (χ0v) is 9.02. The highest BCUT2D eigenvalue weighted by molar-refractivity contribution is 5.70. The van der Waals surface area contributed by atoms with Gasteiger partial charge in [-0.05, 0) is 24.5 Å². The molecule has 0 saturated carbocycles. The molecular formula is C12H17FN2. The summed E-state index contributed by atoms with van der Waals surface area (Å²) in [6, 6.07) is 5.15. The van der Waals surface area contributed by atoms with E-state index in [4.69, 9.17) is 0 Å². The molecule has 0 fully saturated rings. The van der Waals surface area contributed by atoms with Gasteiger partial charge in [-0.2, -0.15) is 0 Å². The number of hydrogen-bond donors (Lipinski definition) is 2. The number of para-hydroxylation sites is 1. The van der Waals surface area contributed by atoms with Gasteiger partial charge in [-0.15, -0.1) is 0 Å². The van der Waals surface area contributed by atoms with E-state index in [2.05, 4.69) is 17.6 Å². The monoisotopic (exact) mass is 208 g/mol. The highest BCUT2D eigenvalue weighted by Crippen LogP contribution is 2.28. The first-order valence-corrected chi connectivity index (χ1v) is 5.57. The van der Waals surface area contributed by atoms with Crippen LogP contribution in [0, 0.1) is 11.7 Å². The Hall–Kier alpha value is -1.25. The molecule has 2 nitrogen and oxygen atoms in total. The van der Waals surface area contributed by atoms with Crippen molar-refractivity contribution in [1.82, 2.24) is 0 Å². The van der Waals surface area contributed by atoms with Crippen LogP contribution in [0.5, 0.6) is 0 Å². The van der Waals surface area contributed by atoms with Gasteiger partial charge in [-0.25, -0.2) is 4.39 Å². The number of nitrogens with one attached hydrogen (secondary N) is 2. The number of anilines is 2. The van der Waals surface area contributed by atoms with E-state index in [0.717, 1.165) is 18.8 Å². The normalized spacial score (nSPS) is 19.7. The van der Waals surface area contributed by atoms with E-state index in [1.165, 1.54) is 18.9 Å². The van der Waals surface area contributed by atoms with E-state index in [1.54, 1.807) is 6.07 Å². The Morgan fingerprint density at radius 2 is 2.13 bits per heavy atom. The zero-order valence-electron chi connectivity index (χ0n) is 9.02. The molecule has 1 aromatic rings. The largest absolute Gasteiger partial charge is 0.383 e. The van der Waals surface area contributed by atoms with Gasteiger partial charge < -0.3 is 10.6 Å². The minimum Gasteiger partial charge on any atom is -0.383 e. The molecule has 0 amide bonds. The second-order valence-corrected chi connectivity index (χ2v) is 4.08. The van der Waals surface area contributed by atoms with Crippen LogP contribution >= 0.6 is 0 Å². The summed E-state index contributed by atoms with van der Waals surface area (Å²) in [5, 5.41) is 6.49. The van der Waals surface area contributed by atoms with Crippen LogP contribution in [0.2, 0.25) is 0 Å². The van der Waals surface area contributed by atoms with Crippen LogP contribution in [0.4, 0.5) is 15.8 Å². The van der Waals surface area contributed by atoms with Crippen LogP contribution in [0.25, 0.3) is 0 Å². The summed E-state index contributed by atoms with van der Waals surface area (Å²) in [4.78, 5) is 0. The van der Waals surface area contributed by atoms with Crippen LogP contribution in [0.1, 0.15) is 19.8 Å². The van der Waals surface area contributed by atoms with Crippen molar-refractivity contribution in [3.05, 3.63) is 24.0 Å². The molecule has 1 aromatic carbocycles. The number of rotatable bonds is 2. The quantitative estimate of drug-likeness (QED) is 0.780. The molecule has 2 N–H and O–H groups in total. The lowest BCUT2D eigenvalue weighted by Gasteiger charge is -2.12. The molecule has 0 saturated heterocycles. The molecule has 0 aliphatic carbocycles. The van der Waals surface area contributed by atoms with Crippen molar-refractivity contribution in [3.8, 4) is 0 Å². The lowest BCUT2D eigenvalue weighted by Crippen LogP contribution is -2.18. The third-order valence-corrected chi connectivity index (χ3v) is 2.86. The zero-order chi connectivity index (χ0) is 10.7. The third kappa shape index (κ3) is 2.22. The highest BCUT2D eigenvalue weighted by Gasteiger charge is 2.16. The summed E-state index contributed by atoms with van der Waals surface area (Å²) in [7, 11) is 0. The maximum Gasteiger partial charge on any atom is 0.148 e. The van der Waals surface area contributed by atoms with Crippen molar-refractivity contribution in [3.63, 3.8) is 0 Å². The van der Waals surface area contributed by atoms with Crippen LogP contribution in [-0.2, 0) is 0 Å². The smallest absolute Gasteiger partial charge is 0.148 e. The molecule has 0 aromatic heterocycles. The number of halogens is 1. The summed E-state index contributed by atoms with van der Waals surface area (Å²) in [5.41, 5.74) is 1.50. The van der Waals surface area contributed by atoms with Gasteiger partial charge in [0.05, 0.1) is 11.4 Å². The van der Waals surface area contributed by atoms with Crippen LogP contribution in [0.3, 0.4) is 0 Å². The van der Waals surface area contributed by atoms with E-state index in [-0.39, 0.29) is 5.82 Å². The van der Waals surface area contributed by atoms with Crippen molar-refractivity contribution in [2.45, 2.75) is 19.8 Å². The molecular weight excluding hydrogens is 191 g/mol. The summed E-state index contributed by atoms with van der Waals surface area (Å²) in [6.45, 7) is 3.96. The van der Waals surface area contributed by atoms with Crippen molar-refractivity contribution in [1.29, 1.82) is 0 Å². The summed E-state index contributed by atoms with van der Waals surface area (Å²) in [5.74, 6) is 0.416. The van der Waals surface area contributed by atoms with E-state index >= 15 is 0 Å². The van der Waals surface area contributed by atoms with E-state index in [1.807, 2.05) is 6.07 Å². The van der Waals surface area contributed by atoms with Gasteiger partial charge in [0.1, 0.15) is 5.82 Å². The Labute approximate surface area is 89.9 Å². The lowest BCUT2D eigenvalue weighted by atomic mass is 10.0. The molecule has 15 heavy (non-hydrogen) atoms. The predicted molar refractivity (Wildman–Crippen MR) is 61.8 cm³/mol. The van der Waals surface area contributed by atoms with Crippen molar-refractivity contribution in [2.24, 2.45) is 5.92 Å². The lowest BCUT2D eigenvalue weighted by molar-refractivity contribution is 0.530. The van der Waals surface area contributed by atoms with Gasteiger partial charge in [0.25, 0.3) is 0 Å². The van der Waals surface area contributed by atoms with Gasteiger partial charge in [0.15, 0.2) is 0 Å². The molecule has 3 heteroatoms. The first-order valence-electron chi connectivity index (χ1n) is 5.57. The predicted octanol–water partition coefficient (Wildman–Crippen LogP) is 3.08. The Morgan fingerprint density at radius 3 is 2.93 bits per heavy atom. The molecule has 1 atom stereocenters. The Kier molecular flexibility index (Phi) is 3.09. The molecule has 0 radical (unpaired) electrons. The third-order valence-electron chi connectivity index (χ3n) is 2.86. The highest BCUT2D eigenvalue weighted by atomic mass is 19.1. The minimum atomic E-state index is -0.169. The summed E-state index contributed by atoms with van der Waals surface area (Å²) >= 11 is 0. The van der Waals surface area contributed by atoms with Crippen molar-refractivity contribution < 1.29 is 4.39 Å². The fourth-order valence-electron chi connectivity index (χ4n) is 2.04. The molecule has 82 valence electrons. The van der Waals surface area contributed by atoms with Gasteiger partial charge >= 0.3 is 0 Å². The number of benzene rings is 1. The molecule has 2 rings (SSSR count). The summed E-state index contributed by atoms with van der Waals surface area (Å²) < 4.78 is 13.5. The fraction of sp³-hybridized carbons (Fsp3) is 0.500. The van der Waals surface area contributed by atoms with Crippen LogP contribution in [-0.4, -0.2) is 13.1 Å². The standard InChI is InChI=1S/C12H17FN2/c1-2-4-9-7-14-11-6-3-5-10(13)12(11)15-8-9/h3,5-6,9,14-15H,2,4,7-8H2,1H3. The number of hydrogen-bond acceptors (Lipinski definition) is 2. The molecule has 1 unspecified atom stereocenters. The minimum absolute atomic E-state index is 0.169. The van der Waals surface area contributed by atoms with Gasteiger partial charge in [-0.1, -0.05) is 19.4 Å².